The molecule has 0 aliphatic rings. The predicted molar refractivity (Wildman–Crippen MR) is 102 cm³/mol. The van der Waals surface area contributed by atoms with Crippen LogP contribution in [-0.2, 0) is 6.42 Å². The van der Waals surface area contributed by atoms with Crippen LogP contribution < -0.4 is 0 Å². The van der Waals surface area contributed by atoms with Gasteiger partial charge in [-0.3, -0.25) is 4.98 Å². The summed E-state index contributed by atoms with van der Waals surface area (Å²) >= 11 is 0. The summed E-state index contributed by atoms with van der Waals surface area (Å²) in [6, 6.07) is 16.8. The lowest BCUT2D eigenvalue weighted by molar-refractivity contribution is 0.607. The quantitative estimate of drug-likeness (QED) is 0.462. The Labute approximate surface area is 145 Å². The van der Waals surface area contributed by atoms with Gasteiger partial charge in [-0.25, -0.2) is 4.98 Å². The van der Waals surface area contributed by atoms with Crippen LogP contribution in [0.2, 0.25) is 0 Å². The summed E-state index contributed by atoms with van der Waals surface area (Å²) in [5.74, 6) is 0. The Balaban J connectivity index is 1.59. The number of aromatic nitrogens is 2. The minimum atomic E-state index is 0.944. The molecule has 1 aromatic heterocycles. The van der Waals surface area contributed by atoms with Gasteiger partial charge >= 0.3 is 0 Å². The predicted octanol–water partition coefficient (Wildman–Crippen LogP) is 6.20. The zero-order valence-corrected chi connectivity index (χ0v) is 14.5. The van der Waals surface area contributed by atoms with Crippen molar-refractivity contribution in [1.29, 1.82) is 0 Å². The maximum absolute atomic E-state index is 4.72. The van der Waals surface area contributed by atoms with E-state index in [4.69, 9.17) is 4.98 Å². The molecule has 2 heteroatoms. The van der Waals surface area contributed by atoms with Gasteiger partial charge in [-0.1, -0.05) is 75.4 Å². The molecule has 2 aromatic carbocycles. The first kappa shape index (κ1) is 16.6. The van der Waals surface area contributed by atoms with Gasteiger partial charge in [0.15, 0.2) is 0 Å². The molecule has 0 aliphatic heterocycles. The normalized spacial score (nSPS) is 11.0. The van der Waals surface area contributed by atoms with Crippen LogP contribution in [0.5, 0.6) is 0 Å². The Morgan fingerprint density at radius 3 is 2.25 bits per heavy atom. The zero-order valence-electron chi connectivity index (χ0n) is 14.5. The van der Waals surface area contributed by atoms with Crippen LogP contribution in [0.25, 0.3) is 22.3 Å². The number of hydrogen-bond acceptors (Lipinski definition) is 2. The number of aryl methyl sites for hydroxylation is 1. The van der Waals surface area contributed by atoms with Crippen molar-refractivity contribution < 1.29 is 0 Å². The lowest BCUT2D eigenvalue weighted by atomic mass is 10.0. The molecule has 3 aromatic rings. The van der Waals surface area contributed by atoms with E-state index < -0.39 is 0 Å². The smallest absolute Gasteiger partial charge is 0.0894 e. The van der Waals surface area contributed by atoms with Gasteiger partial charge in [-0.15, -0.1) is 0 Å². The fourth-order valence-electron chi connectivity index (χ4n) is 3.05. The van der Waals surface area contributed by atoms with Crippen molar-refractivity contribution in [3.8, 4) is 11.3 Å². The van der Waals surface area contributed by atoms with Crippen molar-refractivity contribution in [2.45, 2.75) is 51.9 Å². The van der Waals surface area contributed by atoms with E-state index in [0.29, 0.717) is 0 Å². The van der Waals surface area contributed by atoms with E-state index in [1.807, 2.05) is 30.5 Å². The average Bonchev–Trinajstić information content (AvgIpc) is 2.65. The number of rotatable bonds is 8. The van der Waals surface area contributed by atoms with E-state index in [1.54, 1.807) is 0 Å². The Morgan fingerprint density at radius 2 is 1.46 bits per heavy atom. The van der Waals surface area contributed by atoms with E-state index in [1.165, 1.54) is 50.5 Å². The zero-order chi connectivity index (χ0) is 16.6. The maximum atomic E-state index is 4.72. The molecule has 0 N–H and O–H groups in total. The van der Waals surface area contributed by atoms with Crippen molar-refractivity contribution in [3.63, 3.8) is 0 Å². The highest BCUT2D eigenvalue weighted by Crippen LogP contribution is 2.20. The number of unbranched alkanes of at least 4 members (excludes halogenated alkanes) is 5. The molecule has 124 valence electrons. The fraction of sp³-hybridized carbons (Fsp3) is 0.364. The highest BCUT2D eigenvalue weighted by molar-refractivity contribution is 5.76. The average molecular weight is 318 g/mol. The number of nitrogens with zero attached hydrogens (tertiary/aromatic N) is 2. The summed E-state index contributed by atoms with van der Waals surface area (Å²) in [7, 11) is 0. The second kappa shape index (κ2) is 8.58. The van der Waals surface area contributed by atoms with Crippen molar-refractivity contribution >= 4 is 11.0 Å². The van der Waals surface area contributed by atoms with Gasteiger partial charge in [-0.05, 0) is 30.5 Å². The van der Waals surface area contributed by atoms with E-state index in [-0.39, 0.29) is 0 Å². The molecular weight excluding hydrogens is 292 g/mol. The van der Waals surface area contributed by atoms with E-state index in [2.05, 4.69) is 36.2 Å². The Bertz CT molecular complexity index is 762. The molecule has 0 saturated carbocycles. The van der Waals surface area contributed by atoms with Crippen LogP contribution in [0.1, 0.15) is 51.0 Å². The number of benzene rings is 2. The van der Waals surface area contributed by atoms with E-state index in [9.17, 15) is 0 Å². The van der Waals surface area contributed by atoms with E-state index >= 15 is 0 Å². The lowest BCUT2D eigenvalue weighted by Gasteiger charge is -2.05. The number of hydrogen-bond donors (Lipinski definition) is 0. The Hall–Kier alpha value is -2.22. The van der Waals surface area contributed by atoms with Crippen LogP contribution in [0, 0.1) is 0 Å². The van der Waals surface area contributed by atoms with Crippen molar-refractivity contribution in [1.82, 2.24) is 9.97 Å². The molecule has 0 amide bonds. The van der Waals surface area contributed by atoms with Gasteiger partial charge in [-0.2, -0.15) is 0 Å². The molecule has 24 heavy (non-hydrogen) atoms. The highest BCUT2D eigenvalue weighted by Gasteiger charge is 2.03. The minimum Gasteiger partial charge on any atom is -0.252 e. The first-order valence-corrected chi connectivity index (χ1v) is 9.18. The van der Waals surface area contributed by atoms with Gasteiger partial charge in [0.2, 0.25) is 0 Å². The second-order valence-electron chi connectivity index (χ2n) is 6.46. The first-order chi connectivity index (χ1) is 11.9. The molecule has 2 nitrogen and oxygen atoms in total. The summed E-state index contributed by atoms with van der Waals surface area (Å²) in [5, 5.41) is 0. The summed E-state index contributed by atoms with van der Waals surface area (Å²) in [5.41, 5.74) is 5.40. The lowest BCUT2D eigenvalue weighted by Crippen LogP contribution is -1.90. The Morgan fingerprint density at radius 1 is 0.750 bits per heavy atom. The Kier molecular flexibility index (Phi) is 5.95. The van der Waals surface area contributed by atoms with Crippen LogP contribution >= 0.6 is 0 Å². The van der Waals surface area contributed by atoms with Gasteiger partial charge in [0.05, 0.1) is 22.9 Å². The van der Waals surface area contributed by atoms with Crippen LogP contribution in [-0.4, -0.2) is 9.97 Å². The standard InChI is InChI=1S/C22H26N2/c1-2-3-4-5-6-7-10-18-13-15-19(16-14-18)22-17-23-20-11-8-9-12-21(20)24-22/h8-9,11-17H,2-7,10H2,1H3. The summed E-state index contributed by atoms with van der Waals surface area (Å²) in [6.07, 6.45) is 11.1. The summed E-state index contributed by atoms with van der Waals surface area (Å²) in [4.78, 5) is 9.22. The van der Waals surface area contributed by atoms with Crippen molar-refractivity contribution in [3.05, 3.63) is 60.3 Å². The molecule has 0 atom stereocenters. The van der Waals surface area contributed by atoms with Gasteiger partial charge < -0.3 is 0 Å². The van der Waals surface area contributed by atoms with Gasteiger partial charge in [0.25, 0.3) is 0 Å². The molecule has 3 rings (SSSR count). The molecule has 0 unspecified atom stereocenters. The molecular formula is C22H26N2. The monoisotopic (exact) mass is 318 g/mol. The number of fused-ring (bicyclic) bond motifs is 1. The van der Waals surface area contributed by atoms with E-state index in [0.717, 1.165) is 22.3 Å². The molecule has 0 aliphatic carbocycles. The fourth-order valence-corrected chi connectivity index (χ4v) is 3.05. The molecule has 0 saturated heterocycles. The van der Waals surface area contributed by atoms with Gasteiger partial charge in [0, 0.05) is 5.56 Å². The molecule has 1 heterocycles. The maximum Gasteiger partial charge on any atom is 0.0894 e. The molecule has 0 radical (unpaired) electrons. The van der Waals surface area contributed by atoms with Crippen LogP contribution in [0.15, 0.2) is 54.7 Å². The van der Waals surface area contributed by atoms with Crippen molar-refractivity contribution in [2.24, 2.45) is 0 Å². The molecule has 0 bridgehead atoms. The topological polar surface area (TPSA) is 25.8 Å². The van der Waals surface area contributed by atoms with Crippen LogP contribution in [0.4, 0.5) is 0 Å². The third kappa shape index (κ3) is 4.41. The largest absolute Gasteiger partial charge is 0.252 e. The highest BCUT2D eigenvalue weighted by atomic mass is 14.8. The minimum absolute atomic E-state index is 0.944. The third-order valence-corrected chi connectivity index (χ3v) is 4.52. The third-order valence-electron chi connectivity index (χ3n) is 4.52. The van der Waals surface area contributed by atoms with Gasteiger partial charge in [0.1, 0.15) is 0 Å². The SMILES string of the molecule is CCCCCCCCc1ccc(-c2cnc3ccccc3n2)cc1. The summed E-state index contributed by atoms with van der Waals surface area (Å²) in [6.45, 7) is 2.27. The van der Waals surface area contributed by atoms with Crippen LogP contribution in [0.3, 0.4) is 0 Å². The molecule has 0 spiro atoms. The second-order valence-corrected chi connectivity index (χ2v) is 6.46. The number of para-hydroxylation sites is 2. The first-order valence-electron chi connectivity index (χ1n) is 9.18. The summed E-state index contributed by atoms with van der Waals surface area (Å²) < 4.78 is 0. The van der Waals surface area contributed by atoms with Crippen molar-refractivity contribution in [2.75, 3.05) is 0 Å². The molecule has 0 fully saturated rings.